The van der Waals surface area contributed by atoms with E-state index in [-0.39, 0.29) is 17.4 Å². The van der Waals surface area contributed by atoms with Crippen molar-refractivity contribution in [3.63, 3.8) is 0 Å². The van der Waals surface area contributed by atoms with Crippen molar-refractivity contribution in [2.45, 2.75) is 0 Å². The van der Waals surface area contributed by atoms with E-state index in [9.17, 15) is 27.4 Å². The van der Waals surface area contributed by atoms with Gasteiger partial charge >= 0.3 is 91.8 Å². The van der Waals surface area contributed by atoms with Crippen molar-refractivity contribution in [3.05, 3.63) is 0 Å². The van der Waals surface area contributed by atoms with Crippen molar-refractivity contribution < 1.29 is 111 Å². The molecule has 0 aliphatic carbocycles. The fraction of sp³-hybridized carbons (Fsp3) is 1.00. The number of rotatable bonds is 12. The summed E-state index contributed by atoms with van der Waals surface area (Å²) < 4.78 is 146. The monoisotopic (exact) mass is 873 g/mol. The first-order valence-corrected chi connectivity index (χ1v) is 24.8. The quantitative estimate of drug-likeness (QED) is 0.187. The van der Waals surface area contributed by atoms with Crippen LogP contribution in [0.3, 0.4) is 0 Å². The predicted molar refractivity (Wildman–Crippen MR) is 178 cm³/mol. The fourth-order valence-corrected chi connectivity index (χ4v) is 1.34. The molecule has 3 N–H and O–H groups in total. The Morgan fingerprint density at radius 2 is 0.375 bits per heavy atom. The van der Waals surface area contributed by atoms with E-state index in [1.54, 1.807) is 0 Å². The zero-order valence-corrected chi connectivity index (χ0v) is 38.0. The maximum absolute atomic E-state index is 10.5. The minimum atomic E-state index is -4.19. The van der Waals surface area contributed by atoms with Gasteiger partial charge < -0.3 is 54.3 Å². The first kappa shape index (κ1) is 67.7. The molecule has 0 saturated carbocycles. The summed E-state index contributed by atoms with van der Waals surface area (Å²) in [7, 11) is -3.90. The average molecular weight is 874 g/mol. The molecule has 0 aromatic carbocycles. The molecule has 0 fully saturated rings. The summed E-state index contributed by atoms with van der Waals surface area (Å²) in [5.41, 5.74) is 0. The Balaban J connectivity index is -0.0000000647. The topological polar surface area (TPSA) is 297 Å². The maximum atomic E-state index is 10.5. The van der Waals surface area contributed by atoms with E-state index in [2.05, 4.69) is 54.3 Å². The molecule has 298 valence electrons. The minimum absolute atomic E-state index is 0. The Kier molecular flexibility index (Phi) is 50.2. The molecule has 0 aliphatic heterocycles. The van der Waals surface area contributed by atoms with Crippen LogP contribution in [0.15, 0.2) is 0 Å². The third-order valence-corrected chi connectivity index (χ3v) is 11.9. The molecule has 22 nitrogen and oxygen atoms in total. The molecule has 0 atom stereocenters. The fourth-order valence-electron chi connectivity index (χ4n) is 0.447. The summed E-state index contributed by atoms with van der Waals surface area (Å²) >= 11 is 0. The van der Waals surface area contributed by atoms with Gasteiger partial charge in [-0.1, -0.05) is 0 Å². The van der Waals surface area contributed by atoms with Gasteiger partial charge in [-0.2, -0.15) is 0 Å². The van der Waals surface area contributed by atoms with E-state index in [0.717, 1.165) is 0 Å². The zero-order valence-electron chi connectivity index (χ0n) is 30.7. The second-order valence-electron chi connectivity index (χ2n) is 7.25. The molecule has 0 rings (SSSR count). The van der Waals surface area contributed by atoms with Crippen molar-refractivity contribution in [1.82, 2.24) is 0 Å². The van der Waals surface area contributed by atoms with E-state index in [0.29, 0.717) is 0 Å². The molecular formula is C18H57AlClO22P6+3. The molecule has 0 bridgehead atoms. The van der Waals surface area contributed by atoms with Gasteiger partial charge in [0.05, 0.1) is 0 Å². The summed E-state index contributed by atoms with van der Waals surface area (Å²) in [6, 6.07) is 0. The second kappa shape index (κ2) is 35.6. The van der Waals surface area contributed by atoms with Gasteiger partial charge in [0, 0.05) is 125 Å². The summed E-state index contributed by atoms with van der Waals surface area (Å²) in [5.74, 6) is 0. The van der Waals surface area contributed by atoms with Crippen LogP contribution in [0, 0.1) is 10.2 Å². The second-order valence-corrected chi connectivity index (χ2v) is 21.8. The van der Waals surface area contributed by atoms with Crippen LogP contribution in [0.5, 0.6) is 0 Å². The van der Waals surface area contributed by atoms with Crippen LogP contribution >= 0.6 is 45.6 Å². The summed E-state index contributed by atoms with van der Waals surface area (Å²) in [4.78, 5) is 0. The van der Waals surface area contributed by atoms with E-state index in [4.69, 9.17) is 18.6 Å². The average Bonchev–Trinajstić information content (AvgIpc) is 3.01. The molecule has 48 heavy (non-hydrogen) atoms. The first-order valence-electron chi connectivity index (χ1n) is 11.5. The Bertz CT molecular complexity index is 774. The van der Waals surface area contributed by atoms with Gasteiger partial charge in [0.25, 0.3) is 0 Å². The van der Waals surface area contributed by atoms with Gasteiger partial charge in [-0.3, -0.25) is 27.4 Å². The van der Waals surface area contributed by atoms with Crippen LogP contribution in [-0.4, -0.2) is 157 Å². The number of halogens is 1. The zero-order chi connectivity index (χ0) is 40.0. The molecular weight excluding hydrogens is 816 g/mol. The normalized spacial score (nSPS) is 12.0. The molecule has 0 aliphatic rings. The van der Waals surface area contributed by atoms with Crippen LogP contribution < -0.4 is 4.66 Å². The van der Waals surface area contributed by atoms with Crippen molar-refractivity contribution >= 4 is 62.9 Å². The Labute approximate surface area is 298 Å². The van der Waals surface area contributed by atoms with Gasteiger partial charge in [0.15, 0.2) is 0 Å². The van der Waals surface area contributed by atoms with E-state index >= 15 is 0 Å². The van der Waals surface area contributed by atoms with Crippen LogP contribution in [-0.2, 0) is 81.7 Å². The van der Waals surface area contributed by atoms with E-state index < -0.39 is 55.8 Å². The standard InChI is InChI=1S/6C3H9O3P.Al.ClH3O4/c6*1-5-7(3,4)6-2;;2-1(3,4)5/h6*1-3H3;;2-4H/q;;;;;;+3;. The van der Waals surface area contributed by atoms with Crippen molar-refractivity contribution in [3.8, 4) is 0 Å². The first-order chi connectivity index (χ1) is 20.7. The van der Waals surface area contributed by atoms with Gasteiger partial charge in [-0.25, -0.2) is 0 Å². The predicted octanol–water partition coefficient (Wildman–Crippen LogP) is 3.37. The third kappa shape index (κ3) is 73.1. The number of hydrogen-bond acceptors (Lipinski definition) is 22. The summed E-state index contributed by atoms with van der Waals surface area (Å²) in [5, 5.41) is 0. The van der Waals surface area contributed by atoms with Crippen LogP contribution in [0.2, 0.25) is 0 Å². The van der Waals surface area contributed by atoms with E-state index in [1.807, 2.05) is 0 Å². The molecule has 0 radical (unpaired) electrons. The number of hydrogen-bond donors (Lipinski definition) is 3. The molecule has 0 aromatic rings. The Morgan fingerprint density at radius 1 is 0.333 bits per heavy atom. The Morgan fingerprint density at radius 3 is 0.375 bits per heavy atom. The molecule has 0 heterocycles. The molecule has 30 heteroatoms. The molecule has 0 saturated heterocycles. The SMILES string of the molecule is COP(C)(=O)OC.COP(C)(=O)OC.COP(C)(=O)OC.COP(C)(=O)OC.COP(C)(=O)OC.COP(C)(=O)OC.[Al+3].[O-][Cl+](O)(O)O. The van der Waals surface area contributed by atoms with Crippen LogP contribution in [0.25, 0.3) is 0 Å². The van der Waals surface area contributed by atoms with Gasteiger partial charge in [0.1, 0.15) is 0 Å². The van der Waals surface area contributed by atoms with Crippen LogP contribution in [0.1, 0.15) is 0 Å². The molecule has 0 spiro atoms. The van der Waals surface area contributed by atoms with Crippen molar-refractivity contribution in [2.75, 3.05) is 125 Å². The van der Waals surface area contributed by atoms with Gasteiger partial charge in [-0.15, -0.1) is 0 Å². The molecule has 0 aromatic heterocycles. The van der Waals surface area contributed by atoms with Gasteiger partial charge in [0.2, 0.25) is 0 Å². The van der Waals surface area contributed by atoms with Gasteiger partial charge in [-0.05, 0) is 0 Å². The van der Waals surface area contributed by atoms with Crippen LogP contribution in [0.4, 0.5) is 0 Å². The van der Waals surface area contributed by atoms with Crippen molar-refractivity contribution in [2.24, 2.45) is 0 Å². The molecule has 0 amide bonds. The molecule has 0 unspecified atom stereocenters. The summed E-state index contributed by atoms with van der Waals surface area (Å²) in [6.45, 7) is 8.46. The van der Waals surface area contributed by atoms with Crippen molar-refractivity contribution in [1.29, 1.82) is 0 Å². The summed E-state index contributed by atoms with van der Waals surface area (Å²) in [6.07, 6.45) is 0. The third-order valence-electron chi connectivity index (χ3n) is 3.98. The van der Waals surface area contributed by atoms with E-state index in [1.165, 1.54) is 125 Å². The Hall–Kier alpha value is 1.56.